The molecule has 0 atom stereocenters. The van der Waals surface area contributed by atoms with Gasteiger partial charge in [-0.05, 0) is 49.8 Å². The van der Waals surface area contributed by atoms with Gasteiger partial charge < -0.3 is 9.84 Å². The molecule has 19 heavy (non-hydrogen) atoms. The van der Waals surface area contributed by atoms with Gasteiger partial charge in [0.15, 0.2) is 5.69 Å². The number of halogens is 1. The zero-order valence-electron chi connectivity index (χ0n) is 10.4. The van der Waals surface area contributed by atoms with E-state index in [-0.39, 0.29) is 11.6 Å². The molecule has 100 valence electrons. The molecule has 2 aliphatic carbocycles. The van der Waals surface area contributed by atoms with Crippen LogP contribution in [-0.2, 0) is 5.67 Å². The Kier molecular flexibility index (Phi) is 2.77. The van der Waals surface area contributed by atoms with Gasteiger partial charge in [-0.2, -0.15) is 0 Å². The van der Waals surface area contributed by atoms with Crippen molar-refractivity contribution in [3.8, 4) is 5.88 Å². The number of carbonyl (C=O) groups is 1. The summed E-state index contributed by atoms with van der Waals surface area (Å²) in [4.78, 5) is 14.8. The first-order valence-corrected chi connectivity index (χ1v) is 6.37. The van der Waals surface area contributed by atoms with E-state index in [1.165, 1.54) is 12.1 Å². The van der Waals surface area contributed by atoms with E-state index in [1.807, 2.05) is 0 Å². The van der Waals surface area contributed by atoms with Gasteiger partial charge in [-0.15, -0.1) is 0 Å². The van der Waals surface area contributed by atoms with Crippen molar-refractivity contribution in [1.82, 2.24) is 4.98 Å². The fourth-order valence-electron chi connectivity index (χ4n) is 2.08. The van der Waals surface area contributed by atoms with E-state index >= 15 is 0 Å². The minimum atomic E-state index is -1.42. The summed E-state index contributed by atoms with van der Waals surface area (Å²) in [5, 5.41) is 8.94. The lowest BCUT2D eigenvalue weighted by Crippen LogP contribution is -2.29. The van der Waals surface area contributed by atoms with Crippen LogP contribution in [0, 0.1) is 0 Å². The van der Waals surface area contributed by atoms with E-state index in [1.54, 1.807) is 6.26 Å². The SMILES string of the molecule is O=C(O)c1ccc(C2(F)CCC2)c(OC=C2CC2)n1. The molecule has 3 rings (SSSR count). The number of rotatable bonds is 4. The molecule has 4 nitrogen and oxygen atoms in total. The second-order valence-electron chi connectivity index (χ2n) is 5.07. The molecule has 2 aliphatic rings. The first-order valence-electron chi connectivity index (χ1n) is 6.37. The third-order valence-electron chi connectivity index (χ3n) is 3.58. The number of alkyl halides is 1. The largest absolute Gasteiger partial charge is 0.477 e. The highest BCUT2D eigenvalue weighted by molar-refractivity contribution is 5.85. The van der Waals surface area contributed by atoms with Crippen LogP contribution in [0.4, 0.5) is 4.39 Å². The average molecular weight is 263 g/mol. The maximum atomic E-state index is 14.5. The molecule has 5 heteroatoms. The highest BCUT2D eigenvalue weighted by Crippen LogP contribution is 2.48. The fourth-order valence-corrected chi connectivity index (χ4v) is 2.08. The normalized spacial score (nSPS) is 19.5. The number of pyridine rings is 1. The third-order valence-corrected chi connectivity index (χ3v) is 3.58. The quantitative estimate of drug-likeness (QED) is 0.847. The van der Waals surface area contributed by atoms with E-state index in [2.05, 4.69) is 4.98 Å². The van der Waals surface area contributed by atoms with Gasteiger partial charge in [-0.25, -0.2) is 14.2 Å². The Balaban J connectivity index is 1.96. The van der Waals surface area contributed by atoms with Crippen LogP contribution in [-0.4, -0.2) is 16.1 Å². The number of ether oxygens (including phenoxy) is 1. The second-order valence-corrected chi connectivity index (χ2v) is 5.07. The van der Waals surface area contributed by atoms with Gasteiger partial charge in [0.2, 0.25) is 5.88 Å². The van der Waals surface area contributed by atoms with Crippen LogP contribution in [0.2, 0.25) is 0 Å². The lowest BCUT2D eigenvalue weighted by atomic mass is 9.77. The number of aromatic carboxylic acids is 1. The van der Waals surface area contributed by atoms with Gasteiger partial charge in [0.1, 0.15) is 5.67 Å². The molecule has 0 saturated heterocycles. The van der Waals surface area contributed by atoms with Crippen LogP contribution in [0.5, 0.6) is 5.88 Å². The van der Waals surface area contributed by atoms with Crippen molar-refractivity contribution in [2.24, 2.45) is 0 Å². The van der Waals surface area contributed by atoms with Crippen molar-refractivity contribution in [1.29, 1.82) is 0 Å². The Bertz CT molecular complexity index is 558. The molecule has 0 aromatic carbocycles. The first kappa shape index (κ1) is 12.1. The molecule has 0 amide bonds. The van der Waals surface area contributed by atoms with E-state index in [0.29, 0.717) is 18.4 Å². The third kappa shape index (κ3) is 2.32. The van der Waals surface area contributed by atoms with E-state index < -0.39 is 11.6 Å². The summed E-state index contributed by atoms with van der Waals surface area (Å²) in [6.45, 7) is 0. The number of carboxylic acid groups (broad SMARTS) is 1. The molecule has 0 unspecified atom stereocenters. The van der Waals surface area contributed by atoms with Crippen LogP contribution in [0.3, 0.4) is 0 Å². The van der Waals surface area contributed by atoms with Crippen LogP contribution in [0.15, 0.2) is 24.0 Å². The summed E-state index contributed by atoms with van der Waals surface area (Å²) >= 11 is 0. The Morgan fingerprint density at radius 3 is 2.68 bits per heavy atom. The molecular formula is C14H14FNO3. The minimum Gasteiger partial charge on any atom is -0.477 e. The summed E-state index contributed by atoms with van der Waals surface area (Å²) in [6, 6.07) is 2.81. The first-order chi connectivity index (χ1) is 9.08. The number of allylic oxidation sites excluding steroid dienone is 1. The Labute approximate surface area is 109 Å². The van der Waals surface area contributed by atoms with Crippen LogP contribution >= 0.6 is 0 Å². The molecular weight excluding hydrogens is 249 g/mol. The smallest absolute Gasteiger partial charge is 0.354 e. The Morgan fingerprint density at radius 2 is 2.16 bits per heavy atom. The van der Waals surface area contributed by atoms with Gasteiger partial charge in [-0.1, -0.05) is 0 Å². The van der Waals surface area contributed by atoms with Gasteiger partial charge in [0.25, 0.3) is 0 Å². The van der Waals surface area contributed by atoms with Crippen LogP contribution in [0.25, 0.3) is 0 Å². The molecule has 1 heterocycles. The van der Waals surface area contributed by atoms with Crippen LogP contribution in [0.1, 0.15) is 48.2 Å². The number of hydrogen-bond donors (Lipinski definition) is 1. The fraction of sp³-hybridized carbons (Fsp3) is 0.429. The van der Waals surface area contributed by atoms with Crippen molar-refractivity contribution in [2.75, 3.05) is 0 Å². The molecule has 0 aliphatic heterocycles. The molecule has 1 aromatic heterocycles. The van der Waals surface area contributed by atoms with Crippen molar-refractivity contribution < 1.29 is 19.0 Å². The number of hydrogen-bond acceptors (Lipinski definition) is 3. The lowest BCUT2D eigenvalue weighted by molar-refractivity contribution is 0.0572. The zero-order valence-corrected chi connectivity index (χ0v) is 10.4. The zero-order chi connectivity index (χ0) is 13.5. The maximum Gasteiger partial charge on any atom is 0.354 e. The number of nitrogens with zero attached hydrogens (tertiary/aromatic N) is 1. The van der Waals surface area contributed by atoms with Gasteiger partial charge in [0, 0.05) is 0 Å². The van der Waals surface area contributed by atoms with Crippen LogP contribution < -0.4 is 4.74 Å². The average Bonchev–Trinajstić information content (AvgIpc) is 3.17. The maximum absolute atomic E-state index is 14.5. The number of carboxylic acids is 1. The van der Waals surface area contributed by atoms with E-state index in [0.717, 1.165) is 24.8 Å². The van der Waals surface area contributed by atoms with E-state index in [9.17, 15) is 9.18 Å². The van der Waals surface area contributed by atoms with Crippen molar-refractivity contribution in [3.05, 3.63) is 35.2 Å². The van der Waals surface area contributed by atoms with E-state index in [4.69, 9.17) is 9.84 Å². The summed E-state index contributed by atoms with van der Waals surface area (Å²) in [7, 11) is 0. The molecule has 1 N–H and O–H groups in total. The monoisotopic (exact) mass is 263 g/mol. The highest BCUT2D eigenvalue weighted by Gasteiger charge is 2.42. The predicted molar refractivity (Wildman–Crippen MR) is 65.8 cm³/mol. The van der Waals surface area contributed by atoms with Gasteiger partial charge in [-0.3, -0.25) is 0 Å². The minimum absolute atomic E-state index is 0.0847. The standard InChI is InChI=1S/C14H14FNO3/c15-14(6-1-7-14)10-4-5-11(13(17)18)16-12(10)19-8-9-2-3-9/h4-5,8H,1-3,6-7H2,(H,17,18). The van der Waals surface area contributed by atoms with Gasteiger partial charge >= 0.3 is 5.97 Å². The Hall–Kier alpha value is -1.91. The van der Waals surface area contributed by atoms with Crippen molar-refractivity contribution in [2.45, 2.75) is 37.8 Å². The second kappa shape index (κ2) is 4.33. The summed E-state index contributed by atoms with van der Waals surface area (Å²) < 4.78 is 19.9. The molecule has 1 aromatic rings. The predicted octanol–water partition coefficient (Wildman–Crippen LogP) is 3.19. The summed E-state index contributed by atoms with van der Waals surface area (Å²) in [5.74, 6) is -1.06. The molecule has 2 saturated carbocycles. The Morgan fingerprint density at radius 1 is 1.42 bits per heavy atom. The number of aromatic nitrogens is 1. The molecule has 0 bridgehead atoms. The van der Waals surface area contributed by atoms with Gasteiger partial charge in [0.05, 0.1) is 11.8 Å². The van der Waals surface area contributed by atoms with Crippen molar-refractivity contribution >= 4 is 5.97 Å². The van der Waals surface area contributed by atoms with Crippen molar-refractivity contribution in [3.63, 3.8) is 0 Å². The molecule has 0 radical (unpaired) electrons. The highest BCUT2D eigenvalue weighted by atomic mass is 19.1. The summed E-state index contributed by atoms with van der Waals surface area (Å²) in [6.07, 6.45) is 5.22. The summed E-state index contributed by atoms with van der Waals surface area (Å²) in [5.41, 5.74) is -0.0476. The molecule has 0 spiro atoms. The topological polar surface area (TPSA) is 59.4 Å². The lowest BCUT2D eigenvalue weighted by Gasteiger charge is -2.34. The molecule has 2 fully saturated rings.